The Morgan fingerprint density at radius 3 is 2.54 bits per heavy atom. The number of ether oxygens (including phenoxy) is 2. The van der Waals surface area contributed by atoms with E-state index in [0.717, 1.165) is 30.0 Å². The molecule has 1 amide bonds. The zero-order chi connectivity index (χ0) is 24.5. The summed E-state index contributed by atoms with van der Waals surface area (Å²) in [5, 5.41) is 10.9. The van der Waals surface area contributed by atoms with Crippen LogP contribution in [0.15, 0.2) is 67.1 Å². The summed E-state index contributed by atoms with van der Waals surface area (Å²) in [6, 6.07) is 17.3. The number of hydrogen-bond acceptors (Lipinski definition) is 6. The number of carbonyl (C=O) groups excluding carboxylic acids is 1. The molecule has 0 saturated carbocycles. The number of para-hydroxylation sites is 1. The number of piperidine rings is 1. The van der Waals surface area contributed by atoms with Gasteiger partial charge in [-0.15, -0.1) is 0 Å². The number of amides is 1. The van der Waals surface area contributed by atoms with Crippen LogP contribution in [-0.4, -0.2) is 59.3 Å². The number of nitrogens with two attached hydrogens (primary N) is 1. The van der Waals surface area contributed by atoms with E-state index in [-0.39, 0.29) is 18.6 Å². The topological polar surface area (TPSA) is 105 Å². The highest BCUT2D eigenvalue weighted by Gasteiger charge is 2.26. The van der Waals surface area contributed by atoms with Crippen molar-refractivity contribution < 1.29 is 19.6 Å². The van der Waals surface area contributed by atoms with Crippen molar-refractivity contribution in [1.82, 2.24) is 14.9 Å². The molecule has 1 aliphatic rings. The second-order valence-electron chi connectivity index (χ2n) is 8.17. The van der Waals surface area contributed by atoms with Gasteiger partial charge >= 0.3 is 0 Å². The predicted molar refractivity (Wildman–Crippen MR) is 132 cm³/mol. The van der Waals surface area contributed by atoms with E-state index in [0.29, 0.717) is 30.1 Å². The van der Waals surface area contributed by atoms with Gasteiger partial charge in [0.05, 0.1) is 11.8 Å². The summed E-state index contributed by atoms with van der Waals surface area (Å²) in [6.07, 6.45) is 4.82. The van der Waals surface area contributed by atoms with E-state index in [1.165, 1.54) is 6.33 Å². The number of nitrogens with zero attached hydrogens (tertiary/aromatic N) is 3. The lowest BCUT2D eigenvalue weighted by Crippen LogP contribution is -2.86. The molecule has 1 aliphatic heterocycles. The molecule has 178 valence electrons. The normalized spacial score (nSPS) is 13.6. The second-order valence-corrected chi connectivity index (χ2v) is 8.17. The number of quaternary nitrogens is 1. The van der Waals surface area contributed by atoms with Crippen LogP contribution in [-0.2, 0) is 9.53 Å². The lowest BCUT2D eigenvalue weighted by molar-refractivity contribution is -0.617. The summed E-state index contributed by atoms with van der Waals surface area (Å²) in [7, 11) is 1.55. The van der Waals surface area contributed by atoms with Gasteiger partial charge in [-0.1, -0.05) is 24.1 Å². The zero-order valence-electron chi connectivity index (χ0n) is 19.6. The number of benzene rings is 2. The Hall–Kier alpha value is -4.06. The maximum absolute atomic E-state index is 12.2. The minimum atomic E-state index is -0.162. The molecule has 0 bridgehead atoms. The van der Waals surface area contributed by atoms with Crippen LogP contribution in [0.1, 0.15) is 24.0 Å². The summed E-state index contributed by atoms with van der Waals surface area (Å²) in [5.74, 6) is 7.38. The van der Waals surface area contributed by atoms with Crippen LogP contribution in [0.25, 0.3) is 0 Å². The van der Waals surface area contributed by atoms with Gasteiger partial charge in [0.25, 0.3) is 5.91 Å². The zero-order valence-corrected chi connectivity index (χ0v) is 19.6. The molecule has 2 aromatic carbocycles. The fourth-order valence-corrected chi connectivity index (χ4v) is 3.89. The Labute approximate surface area is 204 Å². The van der Waals surface area contributed by atoms with E-state index in [1.807, 2.05) is 54.6 Å². The highest BCUT2D eigenvalue weighted by atomic mass is 16.5. The number of hydrogen-bond donors (Lipinski definition) is 2. The van der Waals surface area contributed by atoms with Crippen molar-refractivity contribution in [3.05, 3.63) is 78.2 Å². The van der Waals surface area contributed by atoms with Crippen LogP contribution in [0.2, 0.25) is 0 Å². The Kier molecular flexibility index (Phi) is 8.17. The van der Waals surface area contributed by atoms with Gasteiger partial charge < -0.3 is 14.4 Å². The third-order valence-corrected chi connectivity index (χ3v) is 5.77. The van der Waals surface area contributed by atoms with Crippen LogP contribution >= 0.6 is 0 Å². The van der Waals surface area contributed by atoms with Crippen molar-refractivity contribution >= 4 is 17.4 Å². The van der Waals surface area contributed by atoms with E-state index in [2.05, 4.69) is 27.1 Å². The summed E-state index contributed by atoms with van der Waals surface area (Å²) in [5.41, 5.74) is 1.78. The van der Waals surface area contributed by atoms with Crippen molar-refractivity contribution in [3.8, 4) is 23.3 Å². The quantitative estimate of drug-likeness (QED) is 0.408. The van der Waals surface area contributed by atoms with Gasteiger partial charge in [0.15, 0.2) is 0 Å². The molecule has 1 fully saturated rings. The van der Waals surface area contributed by atoms with Crippen LogP contribution in [0.4, 0.5) is 5.82 Å². The van der Waals surface area contributed by atoms with Crippen LogP contribution in [0, 0.1) is 17.3 Å². The molecular weight excluding hydrogens is 442 g/mol. The average molecular weight is 471 g/mol. The molecule has 2 heterocycles. The number of aromatic nitrogens is 2. The molecule has 4 rings (SSSR count). The summed E-state index contributed by atoms with van der Waals surface area (Å²) >= 11 is 0. The van der Waals surface area contributed by atoms with Gasteiger partial charge in [-0.2, -0.15) is 4.98 Å². The van der Waals surface area contributed by atoms with Crippen LogP contribution in [0.5, 0.6) is 11.5 Å². The molecule has 0 aliphatic carbocycles. The predicted octanol–water partition coefficient (Wildman–Crippen LogP) is 2.52. The van der Waals surface area contributed by atoms with Gasteiger partial charge in [0.1, 0.15) is 30.0 Å². The third-order valence-electron chi connectivity index (χ3n) is 5.77. The van der Waals surface area contributed by atoms with Crippen molar-refractivity contribution in [1.29, 1.82) is 5.41 Å². The fourth-order valence-electron chi connectivity index (χ4n) is 3.89. The first-order valence-corrected chi connectivity index (χ1v) is 11.5. The van der Waals surface area contributed by atoms with Gasteiger partial charge in [0, 0.05) is 44.8 Å². The first kappa shape index (κ1) is 24.1. The molecule has 3 N–H and O–H groups in total. The molecule has 1 aromatic heterocycles. The van der Waals surface area contributed by atoms with E-state index in [4.69, 9.17) is 14.9 Å². The molecule has 3 aromatic rings. The van der Waals surface area contributed by atoms with Gasteiger partial charge in [-0.3, -0.25) is 15.5 Å². The number of rotatable bonds is 7. The third kappa shape index (κ3) is 6.51. The van der Waals surface area contributed by atoms with Crippen LogP contribution in [0.3, 0.4) is 0 Å². The first-order valence-electron chi connectivity index (χ1n) is 11.5. The molecule has 0 atom stereocenters. The molecule has 35 heavy (non-hydrogen) atoms. The van der Waals surface area contributed by atoms with E-state index < -0.39 is 0 Å². The van der Waals surface area contributed by atoms with Crippen molar-refractivity contribution in [3.63, 3.8) is 0 Å². The number of methoxy groups -OCH3 is 1. The number of likely N-dealkylation sites (tertiary alicyclic amines) is 1. The maximum atomic E-state index is 12.2. The minimum Gasteiger partial charge on any atom is -0.457 e. The molecule has 8 nitrogen and oxygen atoms in total. The molecule has 1 saturated heterocycles. The van der Waals surface area contributed by atoms with Gasteiger partial charge in [-0.25, -0.2) is 4.98 Å². The van der Waals surface area contributed by atoms with Crippen molar-refractivity contribution in [2.45, 2.75) is 18.9 Å². The van der Waals surface area contributed by atoms with Crippen molar-refractivity contribution in [2.24, 2.45) is 0 Å². The lowest BCUT2D eigenvalue weighted by Gasteiger charge is -2.29. The minimum absolute atomic E-state index is 0.162. The van der Waals surface area contributed by atoms with E-state index >= 15 is 0 Å². The van der Waals surface area contributed by atoms with Crippen LogP contribution < -0.4 is 10.1 Å². The second kappa shape index (κ2) is 11.9. The molecular formula is C27H28N5O3+. The highest BCUT2D eigenvalue weighted by molar-refractivity contribution is 6.12. The summed E-state index contributed by atoms with van der Waals surface area (Å²) < 4.78 is 10.7. The molecule has 0 radical (unpaired) electrons. The first-order chi connectivity index (χ1) is 17.1. The van der Waals surface area contributed by atoms with E-state index in [1.54, 1.807) is 18.2 Å². The number of nitrogens with one attached hydrogen (secondary N) is 1. The summed E-state index contributed by atoms with van der Waals surface area (Å²) in [6.45, 7) is 1.53. The molecule has 0 unspecified atom stereocenters. The summed E-state index contributed by atoms with van der Waals surface area (Å²) in [4.78, 5) is 22.6. The average Bonchev–Trinajstić information content (AvgIpc) is 2.90. The Morgan fingerprint density at radius 2 is 1.83 bits per heavy atom. The van der Waals surface area contributed by atoms with Gasteiger partial charge in [-0.05, 0) is 42.3 Å². The smallest absolute Gasteiger partial charge is 0.298 e. The highest BCUT2D eigenvalue weighted by Crippen LogP contribution is 2.22. The SMILES string of the molecule is COCC#CC(=O)N1CCC([NH2+]c2ncncc2C(=N)c2ccc(Oc3ccccc3)cc2)CC1. The molecule has 8 heteroatoms. The maximum Gasteiger partial charge on any atom is 0.298 e. The monoisotopic (exact) mass is 470 g/mol. The van der Waals surface area contributed by atoms with E-state index in [9.17, 15) is 4.79 Å². The fraction of sp³-hybridized carbons (Fsp3) is 0.259. The van der Waals surface area contributed by atoms with Crippen molar-refractivity contribution in [2.75, 3.05) is 26.8 Å². The standard InChI is InChI=1S/C27H27N5O3/c1-34-17-5-8-25(33)32-15-13-21(14-16-32)31-27-24(18-29-19-30-27)26(28)20-9-11-23(12-10-20)35-22-6-3-2-4-7-22/h2-4,6-7,9-12,18-19,21,28H,13-17H2,1H3,(H,29,30,31)/p+1. The Morgan fingerprint density at radius 1 is 1.11 bits per heavy atom. The Balaban J connectivity index is 1.38. The Bertz CT molecular complexity index is 1210. The largest absolute Gasteiger partial charge is 0.457 e. The number of carbonyl (C=O) groups is 1. The van der Waals surface area contributed by atoms with Gasteiger partial charge in [0.2, 0.25) is 5.82 Å². The lowest BCUT2D eigenvalue weighted by atomic mass is 10.0. The molecule has 0 spiro atoms.